The molecule has 0 saturated carbocycles. The Balaban J connectivity index is 1.98. The second-order valence-electron chi connectivity index (χ2n) is 5.33. The van der Waals surface area contributed by atoms with Crippen LogP contribution in [0.1, 0.15) is 20.1 Å². The number of rotatable bonds is 2. The summed E-state index contributed by atoms with van der Waals surface area (Å²) in [6.45, 7) is 3.27. The van der Waals surface area contributed by atoms with Gasteiger partial charge >= 0.3 is 5.69 Å². The van der Waals surface area contributed by atoms with Gasteiger partial charge in [-0.1, -0.05) is 0 Å². The molecule has 2 N–H and O–H groups in total. The lowest BCUT2D eigenvalue weighted by Gasteiger charge is -2.24. The van der Waals surface area contributed by atoms with E-state index in [9.17, 15) is 14.7 Å². The molecule has 110 valence electrons. The maximum Gasteiger partial charge on any atom is 0.330 e. The number of hydrogen-bond acceptors (Lipinski definition) is 6. The minimum absolute atomic E-state index is 0.241. The number of hydrogen-bond donors (Lipinski definition) is 2. The van der Waals surface area contributed by atoms with E-state index in [0.29, 0.717) is 0 Å². The molecule has 8 heteroatoms. The number of ether oxygens (including phenoxy) is 3. The maximum absolute atomic E-state index is 11.8. The van der Waals surface area contributed by atoms with Crippen LogP contribution in [-0.4, -0.2) is 45.4 Å². The number of aromatic nitrogens is 2. The van der Waals surface area contributed by atoms with Gasteiger partial charge < -0.3 is 19.3 Å². The third-order valence-electron chi connectivity index (χ3n) is 3.43. The van der Waals surface area contributed by atoms with Crippen LogP contribution in [0.2, 0.25) is 0 Å². The number of H-pyrrole nitrogens is 1. The highest BCUT2D eigenvalue weighted by Crippen LogP contribution is 2.42. The Morgan fingerprint density at radius 2 is 2.05 bits per heavy atom. The van der Waals surface area contributed by atoms with Crippen molar-refractivity contribution >= 4 is 0 Å². The smallest absolute Gasteiger partial charge is 0.330 e. The molecule has 0 aromatic carbocycles. The SMILES string of the molecule is CC1(C)OC2[C@@H](CO)O[C@@H](n3ccc(=O)[nH]c3=O)[C@H]2O1. The van der Waals surface area contributed by atoms with Crippen molar-refractivity contribution in [3.63, 3.8) is 0 Å². The van der Waals surface area contributed by atoms with Crippen molar-refractivity contribution in [3.8, 4) is 0 Å². The fraction of sp³-hybridized carbons (Fsp3) is 0.667. The fourth-order valence-corrected chi connectivity index (χ4v) is 2.66. The molecular weight excluding hydrogens is 268 g/mol. The monoisotopic (exact) mass is 284 g/mol. The molecule has 2 fully saturated rings. The Morgan fingerprint density at radius 1 is 1.35 bits per heavy atom. The molecule has 0 aliphatic carbocycles. The second kappa shape index (κ2) is 4.52. The minimum atomic E-state index is -0.809. The highest BCUT2D eigenvalue weighted by atomic mass is 16.8. The van der Waals surface area contributed by atoms with Gasteiger partial charge in [0.1, 0.15) is 18.3 Å². The quantitative estimate of drug-likeness (QED) is 0.718. The van der Waals surface area contributed by atoms with Gasteiger partial charge in [-0.15, -0.1) is 0 Å². The summed E-state index contributed by atoms with van der Waals surface area (Å²) in [7, 11) is 0. The summed E-state index contributed by atoms with van der Waals surface area (Å²) in [5.74, 6) is -0.809. The molecule has 0 radical (unpaired) electrons. The third-order valence-corrected chi connectivity index (χ3v) is 3.43. The van der Waals surface area contributed by atoms with Crippen molar-refractivity contribution < 1.29 is 19.3 Å². The van der Waals surface area contributed by atoms with E-state index in [4.69, 9.17) is 14.2 Å². The average molecular weight is 284 g/mol. The fourth-order valence-electron chi connectivity index (χ4n) is 2.66. The first-order valence-corrected chi connectivity index (χ1v) is 6.35. The van der Waals surface area contributed by atoms with E-state index in [2.05, 4.69) is 4.98 Å². The molecule has 3 heterocycles. The van der Waals surface area contributed by atoms with Crippen LogP contribution < -0.4 is 11.2 Å². The van der Waals surface area contributed by atoms with Crippen LogP contribution in [-0.2, 0) is 14.2 Å². The highest BCUT2D eigenvalue weighted by molar-refractivity contribution is 4.98. The van der Waals surface area contributed by atoms with Crippen molar-refractivity contribution in [3.05, 3.63) is 33.1 Å². The van der Waals surface area contributed by atoms with Gasteiger partial charge in [-0.3, -0.25) is 14.3 Å². The zero-order valence-electron chi connectivity index (χ0n) is 11.1. The van der Waals surface area contributed by atoms with Crippen molar-refractivity contribution in [1.82, 2.24) is 9.55 Å². The summed E-state index contributed by atoms with van der Waals surface area (Å²) in [5.41, 5.74) is -1.07. The van der Waals surface area contributed by atoms with Crippen molar-refractivity contribution in [2.45, 2.75) is 44.2 Å². The Hall–Kier alpha value is -1.48. The van der Waals surface area contributed by atoms with E-state index in [1.165, 1.54) is 16.8 Å². The Morgan fingerprint density at radius 3 is 2.70 bits per heavy atom. The first kappa shape index (κ1) is 13.5. The van der Waals surface area contributed by atoms with Crippen LogP contribution in [0.5, 0.6) is 0 Å². The van der Waals surface area contributed by atoms with Crippen LogP contribution in [0.3, 0.4) is 0 Å². The molecule has 2 aliphatic heterocycles. The summed E-state index contributed by atoms with van der Waals surface area (Å²) < 4.78 is 18.3. The van der Waals surface area contributed by atoms with Crippen LogP contribution in [0.25, 0.3) is 0 Å². The number of nitrogens with one attached hydrogen (secondary N) is 1. The molecule has 2 aliphatic rings. The molecule has 2 saturated heterocycles. The molecule has 0 amide bonds. The number of aliphatic hydroxyl groups excluding tert-OH is 1. The zero-order valence-corrected chi connectivity index (χ0v) is 11.1. The van der Waals surface area contributed by atoms with Crippen molar-refractivity contribution in [1.29, 1.82) is 0 Å². The second-order valence-corrected chi connectivity index (χ2v) is 5.33. The van der Waals surface area contributed by atoms with E-state index in [0.717, 1.165) is 0 Å². The number of nitrogens with zero attached hydrogens (tertiary/aromatic N) is 1. The molecule has 1 aromatic heterocycles. The summed E-state index contributed by atoms with van der Waals surface area (Å²) in [4.78, 5) is 25.1. The first-order valence-electron chi connectivity index (χ1n) is 6.35. The molecule has 20 heavy (non-hydrogen) atoms. The number of fused-ring (bicyclic) bond motifs is 1. The average Bonchev–Trinajstić information content (AvgIpc) is 2.83. The molecule has 8 nitrogen and oxygen atoms in total. The van der Waals surface area contributed by atoms with E-state index in [1.807, 2.05) is 0 Å². The van der Waals surface area contributed by atoms with Gasteiger partial charge in [-0.2, -0.15) is 0 Å². The van der Waals surface area contributed by atoms with Gasteiger partial charge in [-0.25, -0.2) is 4.79 Å². The van der Waals surface area contributed by atoms with Crippen molar-refractivity contribution in [2.75, 3.05) is 6.61 Å². The zero-order chi connectivity index (χ0) is 14.5. The largest absolute Gasteiger partial charge is 0.394 e. The van der Waals surface area contributed by atoms with Gasteiger partial charge in [0, 0.05) is 12.3 Å². The molecule has 3 rings (SSSR count). The normalized spacial score (nSPS) is 35.1. The molecule has 0 bridgehead atoms. The van der Waals surface area contributed by atoms with E-state index in [1.54, 1.807) is 13.8 Å². The van der Waals surface area contributed by atoms with Crippen LogP contribution in [0.4, 0.5) is 0 Å². The lowest BCUT2D eigenvalue weighted by molar-refractivity contribution is -0.200. The van der Waals surface area contributed by atoms with E-state index >= 15 is 0 Å². The predicted octanol–water partition coefficient (Wildman–Crippen LogP) is -1.05. The first-order chi connectivity index (χ1) is 9.41. The van der Waals surface area contributed by atoms with Gasteiger partial charge in [0.2, 0.25) is 0 Å². The van der Waals surface area contributed by atoms with Gasteiger partial charge in [-0.05, 0) is 13.8 Å². The van der Waals surface area contributed by atoms with Crippen LogP contribution in [0.15, 0.2) is 21.9 Å². The van der Waals surface area contributed by atoms with E-state index in [-0.39, 0.29) is 6.61 Å². The van der Waals surface area contributed by atoms with Crippen molar-refractivity contribution in [2.24, 2.45) is 0 Å². The molecule has 1 aromatic rings. The Kier molecular flexibility index (Phi) is 3.05. The standard InChI is InChI=1S/C12H16N2O6/c1-12(2)19-8-6(5-15)18-10(9(8)20-12)14-4-3-7(16)13-11(14)17/h3-4,6,8-10,15H,5H2,1-2H3,(H,13,16,17)/t6-,8?,9+,10-/m1/s1. The summed E-state index contributed by atoms with van der Waals surface area (Å²) >= 11 is 0. The lowest BCUT2D eigenvalue weighted by Crippen LogP contribution is -2.37. The van der Waals surface area contributed by atoms with E-state index < -0.39 is 41.6 Å². The molecule has 4 atom stereocenters. The van der Waals surface area contributed by atoms with Gasteiger partial charge in [0.15, 0.2) is 12.0 Å². The summed E-state index contributed by atoms with van der Waals surface area (Å²) in [6.07, 6.45) is -0.962. The predicted molar refractivity (Wildman–Crippen MR) is 66.1 cm³/mol. The lowest BCUT2D eigenvalue weighted by atomic mass is 10.1. The van der Waals surface area contributed by atoms with Crippen LogP contribution in [0, 0.1) is 0 Å². The minimum Gasteiger partial charge on any atom is -0.394 e. The van der Waals surface area contributed by atoms with Gasteiger partial charge in [0.05, 0.1) is 6.61 Å². The van der Waals surface area contributed by atoms with Crippen LogP contribution >= 0.6 is 0 Å². The van der Waals surface area contributed by atoms with Gasteiger partial charge in [0.25, 0.3) is 5.56 Å². The summed E-state index contributed by atoms with van der Waals surface area (Å²) in [6, 6.07) is 1.23. The maximum atomic E-state index is 11.8. The molecule has 0 spiro atoms. The number of aromatic amines is 1. The number of aliphatic hydroxyl groups is 1. The topological polar surface area (TPSA) is 103 Å². The molecule has 1 unspecified atom stereocenters. The molecular formula is C12H16N2O6. The Labute approximate surface area is 113 Å². The third kappa shape index (κ3) is 2.10. The Bertz CT molecular complexity index is 621. The summed E-state index contributed by atoms with van der Waals surface area (Å²) in [5, 5.41) is 9.36. The highest BCUT2D eigenvalue weighted by Gasteiger charge is 2.55.